The topological polar surface area (TPSA) is 104 Å². The van der Waals surface area contributed by atoms with E-state index in [4.69, 9.17) is 11.1 Å². The highest BCUT2D eigenvalue weighted by Gasteiger charge is 2.25. The number of nitrogens with two attached hydrogens (primary N) is 1. The molecular formula is C25H24N2O3S3. The Bertz CT molecular complexity index is 1410. The summed E-state index contributed by atoms with van der Waals surface area (Å²) in [4.78, 5) is 0.666. The number of benzene rings is 3. The first-order chi connectivity index (χ1) is 15.3. The van der Waals surface area contributed by atoms with Crippen LogP contribution in [-0.2, 0) is 9.84 Å². The number of phenols is 1. The minimum Gasteiger partial charge on any atom is -0.507 e. The second-order valence-electron chi connectivity index (χ2n) is 6.98. The first-order valence-corrected chi connectivity index (χ1v) is 13.1. The fourth-order valence-corrected chi connectivity index (χ4v) is 7.31. The number of phenolic OH excluding ortho intramolecular Hbond substituents is 1. The average molecular weight is 497 g/mol. The van der Waals surface area contributed by atoms with E-state index >= 15 is 0 Å². The minimum absolute atomic E-state index is 0. The minimum atomic E-state index is -3.84. The molecule has 0 saturated heterocycles. The number of rotatable bonds is 6. The molecule has 0 radical (unpaired) electrons. The SMILES string of the molecule is C.CSc1sc(C(=N)N)cc1S(=O)(=O)c1cccc(-c2cccc(-c3ccccc3)c2O)c1. The molecule has 0 bridgehead atoms. The van der Waals surface area contributed by atoms with Gasteiger partial charge in [0, 0.05) is 11.1 Å². The fourth-order valence-electron chi connectivity index (χ4n) is 3.40. The Morgan fingerprint density at radius 3 is 2.18 bits per heavy atom. The fraction of sp³-hybridized carbons (Fsp3) is 0.0800. The molecule has 0 aliphatic rings. The third kappa shape index (κ3) is 4.68. The van der Waals surface area contributed by atoms with Crippen LogP contribution in [-0.4, -0.2) is 25.6 Å². The van der Waals surface area contributed by atoms with Crippen LogP contribution in [0.3, 0.4) is 0 Å². The van der Waals surface area contributed by atoms with Crippen LogP contribution in [0.15, 0.2) is 92.9 Å². The Morgan fingerprint density at radius 2 is 1.55 bits per heavy atom. The average Bonchev–Trinajstić information content (AvgIpc) is 3.26. The molecule has 0 aliphatic heterocycles. The largest absolute Gasteiger partial charge is 0.507 e. The summed E-state index contributed by atoms with van der Waals surface area (Å²) in [5.41, 5.74) is 8.25. The molecule has 1 aromatic heterocycles. The van der Waals surface area contributed by atoms with Gasteiger partial charge in [0.15, 0.2) is 0 Å². The lowest BCUT2D eigenvalue weighted by Crippen LogP contribution is -2.08. The molecule has 0 amide bonds. The third-order valence-corrected chi connectivity index (χ3v) is 9.32. The zero-order valence-electron chi connectivity index (χ0n) is 17.1. The molecule has 33 heavy (non-hydrogen) atoms. The maximum Gasteiger partial charge on any atom is 0.208 e. The number of thiophene rings is 1. The summed E-state index contributed by atoms with van der Waals surface area (Å²) < 4.78 is 27.4. The van der Waals surface area contributed by atoms with E-state index in [1.54, 1.807) is 30.5 Å². The summed E-state index contributed by atoms with van der Waals surface area (Å²) in [7, 11) is -3.84. The van der Waals surface area contributed by atoms with Crippen LogP contribution in [0.4, 0.5) is 0 Å². The summed E-state index contributed by atoms with van der Waals surface area (Å²) in [6.45, 7) is 0. The van der Waals surface area contributed by atoms with E-state index in [0.29, 0.717) is 25.8 Å². The van der Waals surface area contributed by atoms with Gasteiger partial charge in [-0.15, -0.1) is 23.1 Å². The second-order valence-corrected chi connectivity index (χ2v) is 11.0. The molecule has 5 nitrogen and oxygen atoms in total. The van der Waals surface area contributed by atoms with Crippen LogP contribution in [0, 0.1) is 5.41 Å². The summed E-state index contributed by atoms with van der Waals surface area (Å²) in [6, 6.07) is 22.9. The number of thioether (sulfide) groups is 1. The zero-order chi connectivity index (χ0) is 22.9. The van der Waals surface area contributed by atoms with Crippen molar-refractivity contribution in [3.05, 3.63) is 83.7 Å². The maximum absolute atomic E-state index is 13.4. The Labute approximate surface area is 202 Å². The lowest BCUT2D eigenvalue weighted by Gasteiger charge is -2.12. The van der Waals surface area contributed by atoms with Crippen LogP contribution in [0.1, 0.15) is 12.3 Å². The number of sulfone groups is 1. The molecule has 0 atom stereocenters. The highest BCUT2D eigenvalue weighted by molar-refractivity contribution is 8.01. The third-order valence-electron chi connectivity index (χ3n) is 4.98. The van der Waals surface area contributed by atoms with Crippen molar-refractivity contribution in [3.63, 3.8) is 0 Å². The van der Waals surface area contributed by atoms with Crippen LogP contribution in [0.5, 0.6) is 5.75 Å². The quantitative estimate of drug-likeness (QED) is 0.166. The van der Waals surface area contributed by atoms with E-state index < -0.39 is 9.84 Å². The van der Waals surface area contributed by atoms with E-state index in [1.165, 1.54) is 35.2 Å². The van der Waals surface area contributed by atoms with Crippen LogP contribution >= 0.6 is 23.1 Å². The number of para-hydroxylation sites is 1. The van der Waals surface area contributed by atoms with Crippen molar-refractivity contribution >= 4 is 38.8 Å². The number of aromatic hydroxyl groups is 1. The van der Waals surface area contributed by atoms with Crippen LogP contribution in [0.2, 0.25) is 0 Å². The van der Waals surface area contributed by atoms with Gasteiger partial charge in [0.05, 0.1) is 18.9 Å². The van der Waals surface area contributed by atoms with Crippen molar-refractivity contribution in [3.8, 4) is 28.0 Å². The Balaban J connectivity index is 0.00000306. The van der Waals surface area contributed by atoms with Gasteiger partial charge in [-0.25, -0.2) is 8.42 Å². The highest BCUT2D eigenvalue weighted by Crippen LogP contribution is 2.40. The normalized spacial score (nSPS) is 11.1. The molecule has 0 fully saturated rings. The molecular weight excluding hydrogens is 472 g/mol. The van der Waals surface area contributed by atoms with Gasteiger partial charge >= 0.3 is 0 Å². The monoisotopic (exact) mass is 496 g/mol. The van der Waals surface area contributed by atoms with Crippen LogP contribution in [0.25, 0.3) is 22.3 Å². The number of hydrogen-bond donors (Lipinski definition) is 3. The van der Waals surface area contributed by atoms with Crippen molar-refractivity contribution in [1.82, 2.24) is 0 Å². The maximum atomic E-state index is 13.4. The molecule has 0 saturated carbocycles. The second kappa shape index (κ2) is 9.82. The predicted octanol–water partition coefficient (Wildman–Crippen LogP) is 6.26. The molecule has 8 heteroatoms. The zero-order valence-corrected chi connectivity index (χ0v) is 19.5. The first kappa shape index (κ1) is 24.6. The van der Waals surface area contributed by atoms with Gasteiger partial charge in [-0.2, -0.15) is 0 Å². The van der Waals surface area contributed by atoms with E-state index in [-0.39, 0.29) is 28.8 Å². The number of nitrogen functional groups attached to an aromatic ring is 1. The smallest absolute Gasteiger partial charge is 0.208 e. The predicted molar refractivity (Wildman–Crippen MR) is 138 cm³/mol. The number of hydrogen-bond acceptors (Lipinski definition) is 6. The van der Waals surface area contributed by atoms with Crippen molar-refractivity contribution in [2.45, 2.75) is 21.4 Å². The molecule has 4 N–H and O–H groups in total. The van der Waals surface area contributed by atoms with Gasteiger partial charge < -0.3 is 10.8 Å². The van der Waals surface area contributed by atoms with Gasteiger partial charge in [-0.05, 0) is 35.6 Å². The van der Waals surface area contributed by atoms with Crippen molar-refractivity contribution in [1.29, 1.82) is 5.41 Å². The molecule has 0 unspecified atom stereocenters. The van der Waals surface area contributed by atoms with E-state index in [9.17, 15) is 13.5 Å². The van der Waals surface area contributed by atoms with Crippen molar-refractivity contribution in [2.75, 3.05) is 6.26 Å². The van der Waals surface area contributed by atoms with Gasteiger partial charge in [-0.1, -0.05) is 68.1 Å². The summed E-state index contributed by atoms with van der Waals surface area (Å²) >= 11 is 2.49. The van der Waals surface area contributed by atoms with Crippen molar-refractivity contribution in [2.24, 2.45) is 5.73 Å². The summed E-state index contributed by atoms with van der Waals surface area (Å²) in [6.07, 6.45) is 1.79. The molecule has 0 aliphatic carbocycles. The molecule has 4 aromatic rings. The van der Waals surface area contributed by atoms with Gasteiger partial charge in [0.25, 0.3) is 0 Å². The van der Waals surface area contributed by atoms with Crippen molar-refractivity contribution < 1.29 is 13.5 Å². The lowest BCUT2D eigenvalue weighted by molar-refractivity contribution is 0.479. The van der Waals surface area contributed by atoms with E-state index in [0.717, 1.165) is 5.56 Å². The Kier molecular flexibility index (Phi) is 7.31. The summed E-state index contributed by atoms with van der Waals surface area (Å²) in [5, 5.41) is 18.6. The molecule has 4 rings (SSSR count). The molecule has 1 heterocycles. The van der Waals surface area contributed by atoms with E-state index in [2.05, 4.69) is 0 Å². The number of nitrogens with one attached hydrogen (secondary N) is 1. The highest BCUT2D eigenvalue weighted by atomic mass is 32.2. The molecule has 3 aromatic carbocycles. The Morgan fingerprint density at radius 1 is 0.939 bits per heavy atom. The standard InChI is InChI=1S/C24H20N2O3S3.CH4/c1-30-24-21(14-20(31-24)23(25)26)32(28,29)17-10-5-9-16(13-17)19-12-6-11-18(22(19)27)15-7-3-2-4-8-15;/h2-14,27H,1H3,(H3,25,26);1H4. The Hall–Kier alpha value is -3.07. The van der Waals surface area contributed by atoms with Gasteiger partial charge in [0.2, 0.25) is 9.84 Å². The molecule has 170 valence electrons. The van der Waals surface area contributed by atoms with E-state index in [1.807, 2.05) is 42.5 Å². The first-order valence-electron chi connectivity index (χ1n) is 9.58. The van der Waals surface area contributed by atoms with Crippen LogP contribution < -0.4 is 5.73 Å². The number of amidine groups is 1. The summed E-state index contributed by atoms with van der Waals surface area (Å²) in [5.74, 6) is -0.0735. The van der Waals surface area contributed by atoms with Gasteiger partial charge in [-0.3, -0.25) is 5.41 Å². The molecule has 0 spiro atoms. The van der Waals surface area contributed by atoms with Gasteiger partial charge in [0.1, 0.15) is 11.6 Å². The lowest BCUT2D eigenvalue weighted by atomic mass is 9.97.